The van der Waals surface area contributed by atoms with Crippen LogP contribution in [0.2, 0.25) is 0 Å². The number of carbonyl (C=O) groups is 2. The molecule has 1 saturated heterocycles. The summed E-state index contributed by atoms with van der Waals surface area (Å²) in [5, 5.41) is 0. The molecule has 1 fully saturated rings. The van der Waals surface area contributed by atoms with Crippen molar-refractivity contribution in [3.05, 3.63) is 34.9 Å². The summed E-state index contributed by atoms with van der Waals surface area (Å²) in [6.45, 7) is 4.92. The van der Waals surface area contributed by atoms with Crippen LogP contribution in [-0.2, 0) is 28.9 Å². The van der Waals surface area contributed by atoms with Crippen LogP contribution < -0.4 is 0 Å². The molecule has 0 spiro atoms. The van der Waals surface area contributed by atoms with Gasteiger partial charge in [-0.2, -0.15) is 0 Å². The Hall–Kier alpha value is -1.84. The SMILES string of the molecule is CCCC(=O)N1CCCN(C(=O)Cc2ccc3c(c2)CCCC3)CC1. The van der Waals surface area contributed by atoms with Crippen molar-refractivity contribution in [2.24, 2.45) is 0 Å². The summed E-state index contributed by atoms with van der Waals surface area (Å²) in [5.41, 5.74) is 4.03. The van der Waals surface area contributed by atoms with Crippen LogP contribution in [0.4, 0.5) is 0 Å². The third-order valence-corrected chi connectivity index (χ3v) is 5.43. The van der Waals surface area contributed by atoms with Crippen molar-refractivity contribution in [3.8, 4) is 0 Å². The van der Waals surface area contributed by atoms with E-state index >= 15 is 0 Å². The molecule has 0 bridgehead atoms. The zero-order chi connectivity index (χ0) is 17.6. The smallest absolute Gasteiger partial charge is 0.227 e. The Morgan fingerprint density at radius 3 is 2.28 bits per heavy atom. The monoisotopic (exact) mass is 342 g/mol. The van der Waals surface area contributed by atoms with Gasteiger partial charge in [-0.25, -0.2) is 0 Å². The Balaban J connectivity index is 1.57. The summed E-state index contributed by atoms with van der Waals surface area (Å²) in [4.78, 5) is 28.7. The second-order valence-electron chi connectivity index (χ2n) is 7.35. The molecule has 0 unspecified atom stereocenters. The molecule has 2 aliphatic rings. The largest absolute Gasteiger partial charge is 0.341 e. The number of aryl methyl sites for hydroxylation is 2. The highest BCUT2D eigenvalue weighted by Gasteiger charge is 2.22. The molecule has 1 aromatic rings. The van der Waals surface area contributed by atoms with Gasteiger partial charge in [0, 0.05) is 32.6 Å². The molecule has 0 atom stereocenters. The van der Waals surface area contributed by atoms with E-state index in [0.29, 0.717) is 25.9 Å². The highest BCUT2D eigenvalue weighted by molar-refractivity contribution is 5.79. The summed E-state index contributed by atoms with van der Waals surface area (Å²) in [7, 11) is 0. The fourth-order valence-electron chi connectivity index (χ4n) is 3.97. The molecule has 0 saturated carbocycles. The molecule has 0 aromatic heterocycles. The maximum absolute atomic E-state index is 12.7. The molecule has 3 rings (SSSR count). The van der Waals surface area contributed by atoms with E-state index in [2.05, 4.69) is 18.2 Å². The Labute approximate surface area is 151 Å². The summed E-state index contributed by atoms with van der Waals surface area (Å²) < 4.78 is 0. The van der Waals surface area contributed by atoms with Gasteiger partial charge in [-0.1, -0.05) is 25.1 Å². The van der Waals surface area contributed by atoms with Crippen molar-refractivity contribution in [2.45, 2.75) is 58.3 Å². The van der Waals surface area contributed by atoms with Crippen LogP contribution in [0.3, 0.4) is 0 Å². The van der Waals surface area contributed by atoms with Gasteiger partial charge in [0.25, 0.3) is 0 Å². The normalized spacial score (nSPS) is 17.8. The second kappa shape index (κ2) is 8.50. The quantitative estimate of drug-likeness (QED) is 0.844. The van der Waals surface area contributed by atoms with Crippen molar-refractivity contribution in [2.75, 3.05) is 26.2 Å². The van der Waals surface area contributed by atoms with E-state index < -0.39 is 0 Å². The van der Waals surface area contributed by atoms with Crippen LogP contribution in [0.15, 0.2) is 18.2 Å². The first-order valence-corrected chi connectivity index (χ1v) is 9.83. The molecule has 0 radical (unpaired) electrons. The minimum Gasteiger partial charge on any atom is -0.341 e. The highest BCUT2D eigenvalue weighted by Crippen LogP contribution is 2.22. The van der Waals surface area contributed by atoms with Gasteiger partial charge in [-0.3, -0.25) is 9.59 Å². The average molecular weight is 342 g/mol. The number of rotatable bonds is 4. The van der Waals surface area contributed by atoms with Crippen molar-refractivity contribution in [3.63, 3.8) is 0 Å². The number of hydrogen-bond acceptors (Lipinski definition) is 2. The lowest BCUT2D eigenvalue weighted by atomic mass is 9.90. The van der Waals surface area contributed by atoms with Crippen LogP contribution in [0.25, 0.3) is 0 Å². The van der Waals surface area contributed by atoms with Gasteiger partial charge in [0.2, 0.25) is 11.8 Å². The van der Waals surface area contributed by atoms with E-state index in [9.17, 15) is 9.59 Å². The highest BCUT2D eigenvalue weighted by atomic mass is 16.2. The summed E-state index contributed by atoms with van der Waals surface area (Å²) in [6, 6.07) is 6.57. The van der Waals surface area contributed by atoms with Crippen LogP contribution in [0.5, 0.6) is 0 Å². The van der Waals surface area contributed by atoms with Crippen molar-refractivity contribution < 1.29 is 9.59 Å². The predicted molar refractivity (Wildman–Crippen MR) is 99.5 cm³/mol. The number of fused-ring (bicyclic) bond motifs is 1. The molecule has 1 heterocycles. The molecule has 1 aromatic carbocycles. The third-order valence-electron chi connectivity index (χ3n) is 5.43. The zero-order valence-electron chi connectivity index (χ0n) is 15.4. The minimum absolute atomic E-state index is 0.195. The molecule has 136 valence electrons. The minimum atomic E-state index is 0.195. The van der Waals surface area contributed by atoms with Gasteiger partial charge in [0.05, 0.1) is 6.42 Å². The zero-order valence-corrected chi connectivity index (χ0v) is 15.4. The number of nitrogens with zero attached hydrogens (tertiary/aromatic N) is 2. The summed E-state index contributed by atoms with van der Waals surface area (Å²) in [6.07, 6.45) is 7.73. The molecule has 2 amide bonds. The van der Waals surface area contributed by atoms with E-state index in [4.69, 9.17) is 0 Å². The maximum Gasteiger partial charge on any atom is 0.227 e. The fraction of sp³-hybridized carbons (Fsp3) is 0.619. The van der Waals surface area contributed by atoms with E-state index in [0.717, 1.165) is 37.9 Å². The Morgan fingerprint density at radius 1 is 0.880 bits per heavy atom. The van der Waals surface area contributed by atoms with E-state index in [1.807, 2.05) is 16.7 Å². The molecule has 1 aliphatic heterocycles. The van der Waals surface area contributed by atoms with Crippen molar-refractivity contribution in [1.29, 1.82) is 0 Å². The Morgan fingerprint density at radius 2 is 1.56 bits per heavy atom. The molecular weight excluding hydrogens is 312 g/mol. The van der Waals surface area contributed by atoms with E-state index in [-0.39, 0.29) is 11.8 Å². The van der Waals surface area contributed by atoms with E-state index in [1.54, 1.807) is 0 Å². The first kappa shape index (κ1) is 18.0. The third kappa shape index (κ3) is 4.62. The van der Waals surface area contributed by atoms with Crippen molar-refractivity contribution >= 4 is 11.8 Å². The topological polar surface area (TPSA) is 40.6 Å². The number of carbonyl (C=O) groups excluding carboxylic acids is 2. The van der Waals surface area contributed by atoms with Gasteiger partial charge < -0.3 is 9.80 Å². The summed E-state index contributed by atoms with van der Waals surface area (Å²) in [5.74, 6) is 0.423. The van der Waals surface area contributed by atoms with Gasteiger partial charge >= 0.3 is 0 Å². The lowest BCUT2D eigenvalue weighted by Crippen LogP contribution is -2.37. The number of benzene rings is 1. The summed E-state index contributed by atoms with van der Waals surface area (Å²) >= 11 is 0. The van der Waals surface area contributed by atoms with Crippen LogP contribution in [0.1, 0.15) is 55.7 Å². The lowest BCUT2D eigenvalue weighted by molar-refractivity contribution is -0.133. The molecule has 0 N–H and O–H groups in total. The Kier molecular flexibility index (Phi) is 6.11. The molecule has 4 nitrogen and oxygen atoms in total. The van der Waals surface area contributed by atoms with Gasteiger partial charge in [-0.15, -0.1) is 0 Å². The van der Waals surface area contributed by atoms with Gasteiger partial charge in [0.1, 0.15) is 0 Å². The van der Waals surface area contributed by atoms with Gasteiger partial charge in [-0.05, 0) is 55.2 Å². The number of amides is 2. The first-order valence-electron chi connectivity index (χ1n) is 9.83. The fourth-order valence-corrected chi connectivity index (χ4v) is 3.97. The van der Waals surface area contributed by atoms with Crippen LogP contribution in [0, 0.1) is 0 Å². The Bertz CT molecular complexity index is 626. The van der Waals surface area contributed by atoms with Crippen LogP contribution in [-0.4, -0.2) is 47.8 Å². The standard InChI is InChI=1S/C21H30N2O2/c1-2-6-20(24)22-11-5-12-23(14-13-22)21(25)16-17-9-10-18-7-3-4-8-19(18)15-17/h9-10,15H,2-8,11-14,16H2,1H3. The molecule has 25 heavy (non-hydrogen) atoms. The van der Waals surface area contributed by atoms with E-state index in [1.165, 1.54) is 30.4 Å². The van der Waals surface area contributed by atoms with Gasteiger partial charge in [0.15, 0.2) is 0 Å². The lowest BCUT2D eigenvalue weighted by Gasteiger charge is -2.22. The molecule has 4 heteroatoms. The maximum atomic E-state index is 12.7. The van der Waals surface area contributed by atoms with Crippen LogP contribution >= 0.6 is 0 Å². The van der Waals surface area contributed by atoms with Crippen molar-refractivity contribution in [1.82, 2.24) is 9.80 Å². The first-order chi connectivity index (χ1) is 12.2. The second-order valence-corrected chi connectivity index (χ2v) is 7.35. The predicted octanol–water partition coefficient (Wildman–Crippen LogP) is 2.97. The average Bonchev–Trinajstić information content (AvgIpc) is 2.88. The number of hydrogen-bond donors (Lipinski definition) is 0. The molecular formula is C21H30N2O2. The molecule has 1 aliphatic carbocycles.